The van der Waals surface area contributed by atoms with Gasteiger partial charge in [-0.05, 0) is 42.7 Å². The fourth-order valence-corrected chi connectivity index (χ4v) is 3.55. The Morgan fingerprint density at radius 2 is 1.84 bits per heavy atom. The molecule has 1 aromatic rings. The first-order valence-electron chi connectivity index (χ1n) is 7.24. The van der Waals surface area contributed by atoms with Crippen LogP contribution in [-0.2, 0) is 6.42 Å². The van der Waals surface area contributed by atoms with Gasteiger partial charge in [-0.3, -0.25) is 4.79 Å². The Bertz CT molecular complexity index is 412. The summed E-state index contributed by atoms with van der Waals surface area (Å²) in [4.78, 5) is 14.3. The molecule has 0 atom stereocenters. The zero-order chi connectivity index (χ0) is 14.6. The number of thiophene rings is 1. The highest BCUT2D eigenvalue weighted by Gasteiger charge is 2.19. The molecule has 0 aromatic carbocycles. The van der Waals surface area contributed by atoms with Gasteiger partial charge in [0.25, 0.3) is 5.91 Å². The van der Waals surface area contributed by atoms with Crippen molar-refractivity contribution >= 4 is 17.2 Å². The number of aryl methyl sites for hydroxylation is 2. The highest BCUT2D eigenvalue weighted by Crippen LogP contribution is 2.23. The van der Waals surface area contributed by atoms with Gasteiger partial charge in [0, 0.05) is 11.4 Å². The second-order valence-corrected chi connectivity index (χ2v) is 7.07. The number of rotatable bonds is 6. The smallest absolute Gasteiger partial charge is 0.261 e. The van der Waals surface area contributed by atoms with Crippen LogP contribution in [0.25, 0.3) is 0 Å². The molecule has 1 rings (SSSR count). The number of carbonyl (C=O) groups excluding carboxylic acids is 1. The predicted octanol–water partition coefficient (Wildman–Crippen LogP) is 4.28. The SMILES string of the molecule is CCc1sc(C(=O)NCC(C(C)C)C(C)C)cc1C. The maximum absolute atomic E-state index is 12.2. The first kappa shape index (κ1) is 16.2. The fraction of sp³-hybridized carbons (Fsp3) is 0.688. The van der Waals surface area contributed by atoms with Crippen molar-refractivity contribution in [3.8, 4) is 0 Å². The van der Waals surface area contributed by atoms with Crippen molar-refractivity contribution in [2.24, 2.45) is 17.8 Å². The van der Waals surface area contributed by atoms with Crippen LogP contribution in [0.15, 0.2) is 6.07 Å². The lowest BCUT2D eigenvalue weighted by Crippen LogP contribution is -2.33. The van der Waals surface area contributed by atoms with E-state index in [4.69, 9.17) is 0 Å². The van der Waals surface area contributed by atoms with E-state index in [1.54, 1.807) is 11.3 Å². The highest BCUT2D eigenvalue weighted by atomic mass is 32.1. The van der Waals surface area contributed by atoms with Crippen molar-refractivity contribution in [1.29, 1.82) is 0 Å². The molecule has 0 bridgehead atoms. The van der Waals surface area contributed by atoms with Crippen LogP contribution >= 0.6 is 11.3 Å². The van der Waals surface area contributed by atoms with E-state index in [1.165, 1.54) is 10.4 Å². The van der Waals surface area contributed by atoms with Crippen molar-refractivity contribution in [2.45, 2.75) is 48.0 Å². The van der Waals surface area contributed by atoms with E-state index in [9.17, 15) is 4.79 Å². The molecular formula is C16H27NOS. The minimum Gasteiger partial charge on any atom is -0.351 e. The van der Waals surface area contributed by atoms with Crippen LogP contribution in [0.4, 0.5) is 0 Å². The lowest BCUT2D eigenvalue weighted by molar-refractivity contribution is 0.0941. The minimum absolute atomic E-state index is 0.0825. The number of hydrogen-bond acceptors (Lipinski definition) is 2. The van der Waals surface area contributed by atoms with E-state index in [0.29, 0.717) is 17.8 Å². The molecule has 1 N–H and O–H groups in total. The van der Waals surface area contributed by atoms with Crippen molar-refractivity contribution in [2.75, 3.05) is 6.54 Å². The molecule has 0 unspecified atom stereocenters. The number of amides is 1. The lowest BCUT2D eigenvalue weighted by atomic mass is 9.85. The molecule has 108 valence electrons. The Labute approximate surface area is 121 Å². The summed E-state index contributed by atoms with van der Waals surface area (Å²) in [7, 11) is 0. The Kier molecular flexibility index (Phi) is 6.05. The molecule has 1 aromatic heterocycles. The molecule has 0 aliphatic heterocycles. The van der Waals surface area contributed by atoms with Crippen LogP contribution in [0.1, 0.15) is 54.7 Å². The number of nitrogens with one attached hydrogen (secondary N) is 1. The molecule has 0 fully saturated rings. The van der Waals surface area contributed by atoms with Crippen molar-refractivity contribution in [3.05, 3.63) is 21.4 Å². The van der Waals surface area contributed by atoms with Crippen molar-refractivity contribution < 1.29 is 4.79 Å². The molecule has 0 radical (unpaired) electrons. The zero-order valence-corrected chi connectivity index (χ0v) is 13.9. The number of carbonyl (C=O) groups is 1. The predicted molar refractivity (Wildman–Crippen MR) is 83.9 cm³/mol. The molecule has 0 saturated heterocycles. The molecule has 0 aliphatic rings. The van der Waals surface area contributed by atoms with Gasteiger partial charge >= 0.3 is 0 Å². The number of hydrogen-bond donors (Lipinski definition) is 1. The van der Waals surface area contributed by atoms with Crippen molar-refractivity contribution in [1.82, 2.24) is 5.32 Å². The Hall–Kier alpha value is -0.830. The third-order valence-corrected chi connectivity index (χ3v) is 5.16. The average Bonchev–Trinajstić information content (AvgIpc) is 2.69. The Morgan fingerprint density at radius 3 is 2.26 bits per heavy atom. The van der Waals surface area contributed by atoms with Crippen molar-refractivity contribution in [3.63, 3.8) is 0 Å². The molecule has 0 aliphatic carbocycles. The molecular weight excluding hydrogens is 254 g/mol. The molecule has 1 amide bonds. The van der Waals surface area contributed by atoms with Crippen LogP contribution in [0, 0.1) is 24.7 Å². The first-order valence-corrected chi connectivity index (χ1v) is 8.05. The van der Waals surface area contributed by atoms with E-state index in [-0.39, 0.29) is 5.91 Å². The fourth-order valence-electron chi connectivity index (χ4n) is 2.52. The Morgan fingerprint density at radius 1 is 1.26 bits per heavy atom. The van der Waals surface area contributed by atoms with Gasteiger partial charge < -0.3 is 5.32 Å². The van der Waals surface area contributed by atoms with Gasteiger partial charge in [-0.25, -0.2) is 0 Å². The quantitative estimate of drug-likeness (QED) is 0.828. The topological polar surface area (TPSA) is 29.1 Å². The summed E-state index contributed by atoms with van der Waals surface area (Å²) < 4.78 is 0. The third-order valence-electron chi connectivity index (χ3n) is 3.78. The summed E-state index contributed by atoms with van der Waals surface area (Å²) in [6.45, 7) is 13.9. The van der Waals surface area contributed by atoms with Gasteiger partial charge in [-0.15, -0.1) is 11.3 Å². The van der Waals surface area contributed by atoms with E-state index in [2.05, 4.69) is 46.9 Å². The average molecular weight is 281 g/mol. The largest absolute Gasteiger partial charge is 0.351 e. The van der Waals surface area contributed by atoms with Crippen LogP contribution < -0.4 is 5.32 Å². The van der Waals surface area contributed by atoms with Crippen LogP contribution in [-0.4, -0.2) is 12.5 Å². The van der Waals surface area contributed by atoms with E-state index >= 15 is 0 Å². The van der Waals surface area contributed by atoms with E-state index in [0.717, 1.165) is 17.8 Å². The van der Waals surface area contributed by atoms with Crippen LogP contribution in [0.3, 0.4) is 0 Å². The summed E-state index contributed by atoms with van der Waals surface area (Å²) in [5, 5.41) is 3.10. The van der Waals surface area contributed by atoms with E-state index in [1.807, 2.05) is 6.07 Å². The standard InChI is InChI=1S/C16H27NOS/c1-7-14-12(6)8-15(19-14)16(18)17-9-13(10(2)3)11(4)5/h8,10-11,13H,7,9H2,1-6H3,(H,17,18). The third kappa shape index (κ3) is 4.34. The van der Waals surface area contributed by atoms with Gasteiger partial charge in [-0.1, -0.05) is 34.6 Å². The maximum Gasteiger partial charge on any atom is 0.261 e. The summed E-state index contributed by atoms with van der Waals surface area (Å²) >= 11 is 1.62. The molecule has 2 nitrogen and oxygen atoms in total. The zero-order valence-electron chi connectivity index (χ0n) is 13.0. The molecule has 3 heteroatoms. The molecule has 19 heavy (non-hydrogen) atoms. The first-order chi connectivity index (χ1) is 8.86. The van der Waals surface area contributed by atoms with E-state index < -0.39 is 0 Å². The summed E-state index contributed by atoms with van der Waals surface area (Å²) in [6.07, 6.45) is 1.00. The highest BCUT2D eigenvalue weighted by molar-refractivity contribution is 7.14. The second kappa shape index (κ2) is 7.09. The van der Waals surface area contributed by atoms with Crippen LogP contribution in [0.2, 0.25) is 0 Å². The van der Waals surface area contributed by atoms with Gasteiger partial charge in [-0.2, -0.15) is 0 Å². The Balaban J connectivity index is 2.64. The normalized spacial score (nSPS) is 11.6. The van der Waals surface area contributed by atoms with Gasteiger partial charge in [0.15, 0.2) is 0 Å². The second-order valence-electron chi connectivity index (χ2n) is 5.93. The van der Waals surface area contributed by atoms with Gasteiger partial charge in [0.1, 0.15) is 0 Å². The molecule has 0 saturated carbocycles. The molecule has 0 spiro atoms. The molecule has 1 heterocycles. The maximum atomic E-state index is 12.2. The van der Waals surface area contributed by atoms with Crippen LogP contribution in [0.5, 0.6) is 0 Å². The summed E-state index contributed by atoms with van der Waals surface area (Å²) in [5.74, 6) is 1.81. The lowest BCUT2D eigenvalue weighted by Gasteiger charge is -2.24. The summed E-state index contributed by atoms with van der Waals surface area (Å²) in [5.41, 5.74) is 1.24. The van der Waals surface area contributed by atoms with Gasteiger partial charge in [0.2, 0.25) is 0 Å². The monoisotopic (exact) mass is 281 g/mol. The summed E-state index contributed by atoms with van der Waals surface area (Å²) in [6, 6.07) is 2.01. The minimum atomic E-state index is 0.0825. The van der Waals surface area contributed by atoms with Gasteiger partial charge in [0.05, 0.1) is 4.88 Å².